The molecule has 1 aromatic heterocycles. The van der Waals surface area contributed by atoms with Crippen LogP contribution in [0.5, 0.6) is 5.75 Å². The van der Waals surface area contributed by atoms with Gasteiger partial charge in [-0.15, -0.1) is 0 Å². The smallest absolute Gasteiger partial charge is 0.311 e. The molecule has 1 atom stereocenters. The number of methoxy groups -OCH3 is 1. The van der Waals surface area contributed by atoms with Gasteiger partial charge in [-0.25, -0.2) is 0 Å². The van der Waals surface area contributed by atoms with Crippen molar-refractivity contribution in [2.75, 3.05) is 7.11 Å². The molecule has 3 rings (SSSR count). The van der Waals surface area contributed by atoms with Gasteiger partial charge in [-0.1, -0.05) is 18.2 Å². The quantitative estimate of drug-likeness (QED) is 0.930. The van der Waals surface area contributed by atoms with Crippen LogP contribution in [0.1, 0.15) is 23.6 Å². The Morgan fingerprint density at radius 2 is 2.20 bits per heavy atom. The lowest BCUT2D eigenvalue weighted by atomic mass is 10.0. The topological polar surface area (TPSA) is 59.4 Å². The Bertz CT molecular complexity index is 667. The van der Waals surface area contributed by atoms with Gasteiger partial charge in [0.15, 0.2) is 0 Å². The van der Waals surface area contributed by atoms with Gasteiger partial charge in [0.1, 0.15) is 5.75 Å². The van der Waals surface area contributed by atoms with Crippen LogP contribution in [-0.4, -0.2) is 23.2 Å². The standard InChI is InChI=1S/C16H15NO3/c1-20-11-4-2-3-10(9-11)14-7-5-12-13(16(18)19)6-8-15(12)17-14/h2-5,7,9,13H,6,8H2,1H3,(H,18,19). The van der Waals surface area contributed by atoms with E-state index >= 15 is 0 Å². The molecule has 0 fully saturated rings. The molecule has 0 bridgehead atoms. The van der Waals surface area contributed by atoms with Crippen LogP contribution in [-0.2, 0) is 11.2 Å². The van der Waals surface area contributed by atoms with E-state index in [2.05, 4.69) is 4.98 Å². The summed E-state index contributed by atoms with van der Waals surface area (Å²) in [6.45, 7) is 0. The molecule has 0 saturated heterocycles. The predicted molar refractivity (Wildman–Crippen MR) is 74.9 cm³/mol. The van der Waals surface area contributed by atoms with E-state index in [4.69, 9.17) is 4.74 Å². The molecule has 1 unspecified atom stereocenters. The molecule has 0 amide bonds. The molecule has 0 aliphatic heterocycles. The molecule has 2 aromatic rings. The Labute approximate surface area is 117 Å². The number of aliphatic carboxylic acids is 1. The van der Waals surface area contributed by atoms with Gasteiger partial charge in [-0.2, -0.15) is 0 Å². The number of carbonyl (C=O) groups is 1. The maximum Gasteiger partial charge on any atom is 0.311 e. The second kappa shape index (κ2) is 4.96. The van der Waals surface area contributed by atoms with E-state index in [9.17, 15) is 9.90 Å². The summed E-state index contributed by atoms with van der Waals surface area (Å²) in [6.07, 6.45) is 1.36. The van der Waals surface area contributed by atoms with E-state index in [0.29, 0.717) is 6.42 Å². The number of hydrogen-bond acceptors (Lipinski definition) is 3. The summed E-state index contributed by atoms with van der Waals surface area (Å²) in [4.78, 5) is 15.8. The molecule has 4 nitrogen and oxygen atoms in total. The number of carboxylic acids is 1. The zero-order chi connectivity index (χ0) is 14.1. The third-order valence-corrected chi connectivity index (χ3v) is 3.72. The van der Waals surface area contributed by atoms with Gasteiger partial charge in [-0.3, -0.25) is 9.78 Å². The van der Waals surface area contributed by atoms with Crippen molar-refractivity contribution in [1.82, 2.24) is 4.98 Å². The molecule has 0 radical (unpaired) electrons. The molecule has 20 heavy (non-hydrogen) atoms. The molecule has 1 aliphatic carbocycles. The van der Waals surface area contributed by atoms with Crippen LogP contribution >= 0.6 is 0 Å². The molecular weight excluding hydrogens is 254 g/mol. The van der Waals surface area contributed by atoms with Crippen molar-refractivity contribution in [2.45, 2.75) is 18.8 Å². The number of ether oxygens (including phenoxy) is 1. The van der Waals surface area contributed by atoms with Crippen LogP contribution in [0.15, 0.2) is 36.4 Å². The normalized spacial score (nSPS) is 16.8. The summed E-state index contributed by atoms with van der Waals surface area (Å²) in [5, 5.41) is 9.17. The van der Waals surface area contributed by atoms with Crippen molar-refractivity contribution >= 4 is 5.97 Å². The maximum atomic E-state index is 11.2. The van der Waals surface area contributed by atoms with Crippen molar-refractivity contribution in [3.8, 4) is 17.0 Å². The highest BCUT2D eigenvalue weighted by Crippen LogP contribution is 2.34. The molecular formula is C16H15NO3. The average Bonchev–Trinajstić information content (AvgIpc) is 2.90. The number of rotatable bonds is 3. The van der Waals surface area contributed by atoms with Crippen LogP contribution in [0.2, 0.25) is 0 Å². The van der Waals surface area contributed by atoms with Crippen molar-refractivity contribution < 1.29 is 14.6 Å². The van der Waals surface area contributed by atoms with E-state index in [0.717, 1.165) is 34.7 Å². The average molecular weight is 269 g/mol. The molecule has 102 valence electrons. The molecule has 1 heterocycles. The summed E-state index contributed by atoms with van der Waals surface area (Å²) in [7, 11) is 1.63. The van der Waals surface area contributed by atoms with Gasteiger partial charge in [0.05, 0.1) is 18.7 Å². The highest BCUT2D eigenvalue weighted by Gasteiger charge is 2.29. The first kappa shape index (κ1) is 12.7. The lowest BCUT2D eigenvalue weighted by Crippen LogP contribution is -2.07. The number of pyridine rings is 1. The first-order valence-corrected chi connectivity index (χ1v) is 6.56. The minimum atomic E-state index is -0.764. The first-order chi connectivity index (χ1) is 9.69. The monoisotopic (exact) mass is 269 g/mol. The number of carboxylic acid groups (broad SMARTS) is 1. The zero-order valence-corrected chi connectivity index (χ0v) is 11.2. The van der Waals surface area contributed by atoms with E-state index < -0.39 is 11.9 Å². The minimum Gasteiger partial charge on any atom is -0.497 e. The Hall–Kier alpha value is -2.36. The fourth-order valence-corrected chi connectivity index (χ4v) is 2.67. The van der Waals surface area contributed by atoms with Gasteiger partial charge in [0.2, 0.25) is 0 Å². The lowest BCUT2D eigenvalue weighted by Gasteiger charge is -2.08. The number of benzene rings is 1. The second-order valence-corrected chi connectivity index (χ2v) is 4.89. The summed E-state index contributed by atoms with van der Waals surface area (Å²) >= 11 is 0. The predicted octanol–water partition coefficient (Wildman–Crippen LogP) is 2.87. The molecule has 1 aliphatic rings. The highest BCUT2D eigenvalue weighted by molar-refractivity contribution is 5.78. The first-order valence-electron chi connectivity index (χ1n) is 6.56. The van der Waals surface area contributed by atoms with Crippen LogP contribution in [0.25, 0.3) is 11.3 Å². The van der Waals surface area contributed by atoms with Gasteiger partial charge in [0.25, 0.3) is 0 Å². The van der Waals surface area contributed by atoms with Gasteiger partial charge >= 0.3 is 5.97 Å². The zero-order valence-electron chi connectivity index (χ0n) is 11.2. The largest absolute Gasteiger partial charge is 0.497 e. The minimum absolute atomic E-state index is 0.406. The van der Waals surface area contributed by atoms with E-state index in [1.807, 2.05) is 36.4 Å². The molecule has 1 aromatic carbocycles. The maximum absolute atomic E-state index is 11.2. The third-order valence-electron chi connectivity index (χ3n) is 3.72. The molecule has 0 spiro atoms. The van der Waals surface area contributed by atoms with E-state index in [1.165, 1.54) is 0 Å². The molecule has 4 heteroatoms. The van der Waals surface area contributed by atoms with E-state index in [-0.39, 0.29) is 0 Å². The van der Waals surface area contributed by atoms with E-state index in [1.54, 1.807) is 7.11 Å². The number of hydrogen-bond donors (Lipinski definition) is 1. The lowest BCUT2D eigenvalue weighted by molar-refractivity contribution is -0.138. The Kier molecular flexibility index (Phi) is 3.14. The fourth-order valence-electron chi connectivity index (χ4n) is 2.67. The van der Waals surface area contributed by atoms with Crippen LogP contribution in [0, 0.1) is 0 Å². The van der Waals surface area contributed by atoms with Gasteiger partial charge < -0.3 is 9.84 Å². The molecule has 1 N–H and O–H groups in total. The summed E-state index contributed by atoms with van der Waals surface area (Å²) in [5.74, 6) is -0.384. The fraction of sp³-hybridized carbons (Fsp3) is 0.250. The van der Waals surface area contributed by atoms with Crippen LogP contribution in [0.4, 0.5) is 0 Å². The summed E-state index contributed by atoms with van der Waals surface area (Å²) < 4.78 is 5.21. The number of nitrogens with zero attached hydrogens (tertiary/aromatic N) is 1. The summed E-state index contributed by atoms with van der Waals surface area (Å²) in [5.41, 5.74) is 3.58. The highest BCUT2D eigenvalue weighted by atomic mass is 16.5. The van der Waals surface area contributed by atoms with Crippen LogP contribution in [0.3, 0.4) is 0 Å². The van der Waals surface area contributed by atoms with Crippen LogP contribution < -0.4 is 4.74 Å². The second-order valence-electron chi connectivity index (χ2n) is 4.89. The third kappa shape index (κ3) is 2.13. The van der Waals surface area contributed by atoms with Crippen molar-refractivity contribution in [3.63, 3.8) is 0 Å². The Morgan fingerprint density at radius 3 is 2.95 bits per heavy atom. The Morgan fingerprint density at radius 1 is 1.35 bits per heavy atom. The summed E-state index contributed by atoms with van der Waals surface area (Å²) in [6, 6.07) is 11.5. The Balaban J connectivity index is 1.99. The van der Waals surface area contributed by atoms with Crippen molar-refractivity contribution in [3.05, 3.63) is 47.7 Å². The van der Waals surface area contributed by atoms with Crippen molar-refractivity contribution in [1.29, 1.82) is 0 Å². The SMILES string of the molecule is COc1cccc(-c2ccc3c(n2)CCC3C(=O)O)c1. The number of aromatic nitrogens is 1. The number of fused-ring (bicyclic) bond motifs is 1. The van der Waals surface area contributed by atoms with Gasteiger partial charge in [-0.05, 0) is 36.6 Å². The van der Waals surface area contributed by atoms with Crippen molar-refractivity contribution in [2.24, 2.45) is 0 Å². The van der Waals surface area contributed by atoms with Gasteiger partial charge in [0, 0.05) is 11.3 Å². The number of aryl methyl sites for hydroxylation is 1. The molecule has 0 saturated carbocycles.